The van der Waals surface area contributed by atoms with Gasteiger partial charge in [-0.1, -0.05) is 13.8 Å². The van der Waals surface area contributed by atoms with Crippen LogP contribution in [0.3, 0.4) is 0 Å². The van der Waals surface area contributed by atoms with E-state index in [1.54, 1.807) is 0 Å². The summed E-state index contributed by atoms with van der Waals surface area (Å²) < 4.78 is 11.8. The van der Waals surface area contributed by atoms with Crippen LogP contribution in [0.5, 0.6) is 0 Å². The first-order valence-electron chi connectivity index (χ1n) is 4.61. The van der Waals surface area contributed by atoms with Gasteiger partial charge in [-0.15, -0.1) is 0 Å². The second-order valence-corrected chi connectivity index (χ2v) is 6.24. The minimum Gasteiger partial charge on any atom is -0.327 e. The summed E-state index contributed by atoms with van der Waals surface area (Å²) in [7, 11) is -0.729. The maximum atomic E-state index is 11.8. The summed E-state index contributed by atoms with van der Waals surface area (Å²) in [6.45, 7) is 6.42. The Morgan fingerprint density at radius 2 is 2.17 bits per heavy atom. The minimum atomic E-state index is -0.729. The molecule has 0 aromatic heterocycles. The Hall–Kier alpha value is 0.110. The van der Waals surface area contributed by atoms with E-state index in [0.29, 0.717) is 11.7 Å². The number of hydrogen-bond acceptors (Lipinski definition) is 2. The highest BCUT2D eigenvalue weighted by Crippen LogP contribution is 2.33. The van der Waals surface area contributed by atoms with E-state index in [4.69, 9.17) is 5.73 Å². The first-order valence-corrected chi connectivity index (χ1v) is 5.93. The first-order chi connectivity index (χ1) is 5.47. The lowest BCUT2D eigenvalue weighted by Crippen LogP contribution is -2.47. The van der Waals surface area contributed by atoms with Crippen LogP contribution in [-0.2, 0) is 10.8 Å². The zero-order valence-electron chi connectivity index (χ0n) is 8.17. The standard InChI is InChI=1S/C9H19NOS/c1-7(2)9(3)5-4-8(10)6-12(9)11/h7-8H,4-6,10H2,1-3H3. The van der Waals surface area contributed by atoms with Crippen molar-refractivity contribution in [1.82, 2.24) is 0 Å². The van der Waals surface area contributed by atoms with Crippen LogP contribution in [0, 0.1) is 5.92 Å². The van der Waals surface area contributed by atoms with Gasteiger partial charge < -0.3 is 5.73 Å². The van der Waals surface area contributed by atoms with Gasteiger partial charge in [0.25, 0.3) is 0 Å². The molecule has 0 saturated carbocycles. The van der Waals surface area contributed by atoms with Crippen molar-refractivity contribution in [3.8, 4) is 0 Å². The lowest BCUT2D eigenvalue weighted by Gasteiger charge is -2.38. The van der Waals surface area contributed by atoms with Crippen molar-refractivity contribution in [2.24, 2.45) is 11.7 Å². The van der Waals surface area contributed by atoms with Crippen molar-refractivity contribution in [2.75, 3.05) is 5.75 Å². The summed E-state index contributed by atoms with van der Waals surface area (Å²) >= 11 is 0. The zero-order chi connectivity index (χ0) is 9.35. The van der Waals surface area contributed by atoms with Crippen molar-refractivity contribution in [1.29, 1.82) is 0 Å². The Labute approximate surface area is 77.4 Å². The first kappa shape index (κ1) is 10.2. The average Bonchev–Trinajstić information content (AvgIpc) is 1.97. The highest BCUT2D eigenvalue weighted by atomic mass is 32.2. The molecule has 1 rings (SSSR count). The van der Waals surface area contributed by atoms with Crippen LogP contribution >= 0.6 is 0 Å². The van der Waals surface area contributed by atoms with Gasteiger partial charge in [0.05, 0.1) is 0 Å². The van der Waals surface area contributed by atoms with Gasteiger partial charge in [0, 0.05) is 27.3 Å². The van der Waals surface area contributed by atoms with Crippen LogP contribution < -0.4 is 5.73 Å². The molecule has 0 bridgehead atoms. The van der Waals surface area contributed by atoms with Crippen molar-refractivity contribution in [3.05, 3.63) is 0 Å². The molecule has 0 amide bonds. The van der Waals surface area contributed by atoms with Crippen molar-refractivity contribution in [2.45, 2.75) is 44.4 Å². The third-order valence-electron chi connectivity index (χ3n) is 3.12. The van der Waals surface area contributed by atoms with Gasteiger partial charge in [0.1, 0.15) is 0 Å². The van der Waals surface area contributed by atoms with E-state index in [1.165, 1.54) is 0 Å². The monoisotopic (exact) mass is 189 g/mol. The second-order valence-electron chi connectivity index (χ2n) is 4.28. The van der Waals surface area contributed by atoms with E-state index in [2.05, 4.69) is 20.8 Å². The Morgan fingerprint density at radius 1 is 1.58 bits per heavy atom. The third-order valence-corrected chi connectivity index (χ3v) is 5.57. The molecule has 0 aliphatic carbocycles. The summed E-state index contributed by atoms with van der Waals surface area (Å²) in [5.74, 6) is 1.18. The molecule has 0 radical (unpaired) electrons. The third kappa shape index (κ3) is 1.72. The SMILES string of the molecule is CC(C)C1(C)CCC(N)CS1=O. The number of nitrogens with two attached hydrogens (primary N) is 1. The van der Waals surface area contributed by atoms with Crippen molar-refractivity contribution >= 4 is 10.8 Å². The molecule has 0 aromatic carbocycles. The molecule has 3 atom stereocenters. The number of rotatable bonds is 1. The Morgan fingerprint density at radius 3 is 2.58 bits per heavy atom. The van der Waals surface area contributed by atoms with E-state index >= 15 is 0 Å². The topological polar surface area (TPSA) is 43.1 Å². The quantitative estimate of drug-likeness (QED) is 0.675. The molecule has 1 fully saturated rings. The Kier molecular flexibility index (Phi) is 2.94. The maximum Gasteiger partial charge on any atom is 0.0455 e. The van der Waals surface area contributed by atoms with Crippen LogP contribution in [0.15, 0.2) is 0 Å². The summed E-state index contributed by atoms with van der Waals surface area (Å²) in [6.07, 6.45) is 2.04. The molecule has 0 spiro atoms. The van der Waals surface area contributed by atoms with Crippen molar-refractivity contribution < 1.29 is 4.21 Å². The van der Waals surface area contributed by atoms with Gasteiger partial charge >= 0.3 is 0 Å². The normalized spacial score (nSPS) is 43.4. The fourth-order valence-electron chi connectivity index (χ4n) is 1.61. The average molecular weight is 189 g/mol. The molecule has 1 aliphatic rings. The van der Waals surface area contributed by atoms with Gasteiger partial charge in [-0.25, -0.2) is 0 Å². The molecule has 2 nitrogen and oxygen atoms in total. The molecule has 72 valence electrons. The van der Waals surface area contributed by atoms with E-state index < -0.39 is 10.8 Å². The number of hydrogen-bond donors (Lipinski definition) is 1. The zero-order valence-corrected chi connectivity index (χ0v) is 8.99. The van der Waals surface area contributed by atoms with Crippen LogP contribution in [0.25, 0.3) is 0 Å². The summed E-state index contributed by atoms with van der Waals surface area (Å²) in [5.41, 5.74) is 5.75. The summed E-state index contributed by atoms with van der Waals surface area (Å²) in [4.78, 5) is 0. The van der Waals surface area contributed by atoms with E-state index in [1.807, 2.05) is 0 Å². The predicted molar refractivity (Wildman–Crippen MR) is 53.5 cm³/mol. The molecule has 3 unspecified atom stereocenters. The van der Waals surface area contributed by atoms with E-state index in [0.717, 1.165) is 12.8 Å². The maximum absolute atomic E-state index is 11.8. The highest BCUT2D eigenvalue weighted by Gasteiger charge is 2.38. The molecular weight excluding hydrogens is 170 g/mol. The summed E-state index contributed by atoms with van der Waals surface area (Å²) in [5, 5.41) is 0. The molecule has 1 saturated heterocycles. The second kappa shape index (κ2) is 3.46. The lowest BCUT2D eigenvalue weighted by atomic mass is 9.90. The van der Waals surface area contributed by atoms with Crippen LogP contribution in [0.1, 0.15) is 33.6 Å². The smallest absolute Gasteiger partial charge is 0.0455 e. The molecule has 1 heterocycles. The summed E-state index contributed by atoms with van der Waals surface area (Å²) in [6, 6.07) is 0.164. The fourth-order valence-corrected chi connectivity index (χ4v) is 3.41. The molecule has 3 heteroatoms. The molecule has 0 aromatic rings. The minimum absolute atomic E-state index is 0.00979. The van der Waals surface area contributed by atoms with Gasteiger partial charge in [0.2, 0.25) is 0 Å². The molecule has 12 heavy (non-hydrogen) atoms. The van der Waals surface area contributed by atoms with Gasteiger partial charge in [0.15, 0.2) is 0 Å². The highest BCUT2D eigenvalue weighted by molar-refractivity contribution is 7.86. The largest absolute Gasteiger partial charge is 0.327 e. The Balaban J connectivity index is 2.73. The lowest BCUT2D eigenvalue weighted by molar-refractivity contribution is 0.384. The van der Waals surface area contributed by atoms with Gasteiger partial charge in [-0.2, -0.15) is 0 Å². The fraction of sp³-hybridized carbons (Fsp3) is 1.00. The predicted octanol–water partition coefficient (Wildman–Crippen LogP) is 1.27. The van der Waals surface area contributed by atoms with Gasteiger partial charge in [-0.3, -0.25) is 4.21 Å². The molecule has 1 aliphatic heterocycles. The molecule has 2 N–H and O–H groups in total. The van der Waals surface area contributed by atoms with Crippen LogP contribution in [-0.4, -0.2) is 20.8 Å². The van der Waals surface area contributed by atoms with Crippen LogP contribution in [0.4, 0.5) is 0 Å². The van der Waals surface area contributed by atoms with E-state index in [9.17, 15) is 4.21 Å². The van der Waals surface area contributed by atoms with Gasteiger partial charge in [-0.05, 0) is 25.7 Å². The Bertz CT molecular complexity index is 193. The van der Waals surface area contributed by atoms with Crippen molar-refractivity contribution in [3.63, 3.8) is 0 Å². The van der Waals surface area contributed by atoms with E-state index in [-0.39, 0.29) is 10.8 Å². The van der Waals surface area contributed by atoms with Crippen LogP contribution in [0.2, 0.25) is 0 Å². The molecular formula is C9H19NOS.